The van der Waals surface area contributed by atoms with Crippen molar-refractivity contribution in [1.82, 2.24) is 4.57 Å². The Morgan fingerprint density at radius 3 is 2.13 bits per heavy atom. The number of hydrogen-bond donors (Lipinski definition) is 1. The molecule has 1 saturated heterocycles. The number of carbonyl (C=O) groups excluding carboxylic acids is 4. The van der Waals surface area contributed by atoms with Crippen LogP contribution in [0, 0.1) is 5.92 Å². The van der Waals surface area contributed by atoms with Crippen LogP contribution in [0.15, 0.2) is 21.2 Å². The maximum Gasteiger partial charge on any atom is 0.303 e. The van der Waals surface area contributed by atoms with Crippen molar-refractivity contribution in [3.05, 3.63) is 21.2 Å². The van der Waals surface area contributed by atoms with Crippen LogP contribution >= 0.6 is 31.9 Å². The van der Waals surface area contributed by atoms with E-state index in [2.05, 4.69) is 31.9 Å². The molecular formula is C29H37Br2NO13. The van der Waals surface area contributed by atoms with E-state index in [0.717, 1.165) is 0 Å². The van der Waals surface area contributed by atoms with Crippen molar-refractivity contribution < 1.29 is 62.2 Å². The number of rotatable bonds is 15. The molecule has 0 unspecified atom stereocenters. The molecule has 5 atom stereocenters. The highest BCUT2D eigenvalue weighted by molar-refractivity contribution is 9.11. The largest absolute Gasteiger partial charge is 0.489 e. The lowest BCUT2D eigenvalue weighted by atomic mass is 9.92. The van der Waals surface area contributed by atoms with Crippen molar-refractivity contribution in [3.8, 4) is 11.5 Å². The lowest BCUT2D eigenvalue weighted by Gasteiger charge is -2.43. The number of hydrogen-bond acceptors (Lipinski definition) is 13. The molecule has 2 heterocycles. The quantitative estimate of drug-likeness (QED) is 0.159. The van der Waals surface area contributed by atoms with Gasteiger partial charge in [-0.15, -0.1) is 0 Å². The highest BCUT2D eigenvalue weighted by Crippen LogP contribution is 2.45. The van der Waals surface area contributed by atoms with E-state index >= 15 is 0 Å². The van der Waals surface area contributed by atoms with Gasteiger partial charge in [0.25, 0.3) is 0 Å². The molecule has 1 aromatic heterocycles. The molecule has 0 spiro atoms. The first kappa shape index (κ1) is 36.7. The van der Waals surface area contributed by atoms with Crippen molar-refractivity contribution in [1.29, 1.82) is 0 Å². The Hall–Kier alpha value is -2.76. The van der Waals surface area contributed by atoms with Crippen LogP contribution < -0.4 is 9.47 Å². The number of esters is 3. The Morgan fingerprint density at radius 2 is 1.53 bits per heavy atom. The van der Waals surface area contributed by atoms with Crippen LogP contribution in [0.2, 0.25) is 0 Å². The molecule has 0 amide bonds. The maximum atomic E-state index is 12.6. The van der Waals surface area contributed by atoms with Crippen LogP contribution in [0.3, 0.4) is 0 Å². The third kappa shape index (κ3) is 9.86. The summed E-state index contributed by atoms with van der Waals surface area (Å²) in [7, 11) is 0. The third-order valence-corrected chi connectivity index (χ3v) is 7.92. The van der Waals surface area contributed by atoms with E-state index in [0.29, 0.717) is 38.8 Å². The summed E-state index contributed by atoms with van der Waals surface area (Å²) in [6.07, 6.45) is -2.76. The molecular weight excluding hydrogens is 730 g/mol. The molecule has 3 rings (SSSR count). The summed E-state index contributed by atoms with van der Waals surface area (Å²) in [5.74, 6) is -2.19. The van der Waals surface area contributed by atoms with Gasteiger partial charge in [0.1, 0.15) is 36.9 Å². The van der Waals surface area contributed by atoms with Gasteiger partial charge in [0.2, 0.25) is 12.2 Å². The molecule has 14 nitrogen and oxygen atoms in total. The van der Waals surface area contributed by atoms with E-state index in [-0.39, 0.29) is 44.7 Å². The Balaban J connectivity index is 1.94. The third-order valence-electron chi connectivity index (χ3n) is 6.57. The smallest absolute Gasteiger partial charge is 0.303 e. The van der Waals surface area contributed by atoms with Crippen LogP contribution in [-0.4, -0.2) is 104 Å². The summed E-state index contributed by atoms with van der Waals surface area (Å²) in [5, 5.41) is 9.26. The van der Waals surface area contributed by atoms with Crippen molar-refractivity contribution in [2.24, 2.45) is 5.92 Å². The van der Waals surface area contributed by atoms with E-state index in [1.807, 2.05) is 0 Å². The summed E-state index contributed by atoms with van der Waals surface area (Å²) in [4.78, 5) is 48.2. The summed E-state index contributed by atoms with van der Waals surface area (Å²) < 4.78 is 47.8. The topological polar surface area (TPSA) is 167 Å². The second kappa shape index (κ2) is 17.2. The van der Waals surface area contributed by atoms with Gasteiger partial charge in [-0.25, -0.2) is 0 Å². The number of aliphatic hydroxyl groups is 1. The lowest BCUT2D eigenvalue weighted by molar-refractivity contribution is -0.267. The van der Waals surface area contributed by atoms with E-state index < -0.39 is 48.4 Å². The SMILES string of the molecule is CC(=O)OC[C@H]1O[C@@H](Oc2cn(C(C)=O)c3cc(Br)c(OCCOCCOCCO)c(Br)c23)[C@H](C)[C@@H](OC(C)=O)[C@@H]1OC(C)=O. The fraction of sp³-hybridized carbons (Fsp3) is 0.586. The van der Waals surface area contributed by atoms with Crippen molar-refractivity contribution in [2.75, 3.05) is 46.2 Å². The molecule has 1 N–H and O–H groups in total. The van der Waals surface area contributed by atoms with Gasteiger partial charge < -0.3 is 43.0 Å². The fourth-order valence-electron chi connectivity index (χ4n) is 4.67. The highest BCUT2D eigenvalue weighted by Gasteiger charge is 2.49. The zero-order chi connectivity index (χ0) is 33.3. The van der Waals surface area contributed by atoms with Gasteiger partial charge >= 0.3 is 17.9 Å². The normalized spacial score (nSPS) is 21.3. The summed E-state index contributed by atoms with van der Waals surface area (Å²) in [6.45, 7) is 7.70. The van der Waals surface area contributed by atoms with Gasteiger partial charge in [-0.1, -0.05) is 6.92 Å². The fourth-order valence-corrected chi connectivity index (χ4v) is 6.19. The molecule has 0 saturated carbocycles. The molecule has 0 bridgehead atoms. The number of aliphatic hydroxyl groups excluding tert-OH is 1. The Kier molecular flexibility index (Phi) is 14.1. The van der Waals surface area contributed by atoms with Crippen molar-refractivity contribution in [2.45, 2.75) is 59.2 Å². The second-order valence-corrected chi connectivity index (χ2v) is 11.7. The molecule has 0 aliphatic carbocycles. The van der Waals surface area contributed by atoms with E-state index in [1.165, 1.54) is 38.5 Å². The van der Waals surface area contributed by atoms with E-state index in [4.69, 9.17) is 43.0 Å². The minimum absolute atomic E-state index is 0.0626. The summed E-state index contributed by atoms with van der Waals surface area (Å²) in [6, 6.07) is 1.71. The molecule has 1 aliphatic heterocycles. The van der Waals surface area contributed by atoms with Gasteiger partial charge in [-0.2, -0.15) is 0 Å². The average molecular weight is 767 g/mol. The molecule has 1 fully saturated rings. The zero-order valence-electron chi connectivity index (χ0n) is 25.5. The summed E-state index contributed by atoms with van der Waals surface area (Å²) >= 11 is 7.11. The van der Waals surface area contributed by atoms with Crippen LogP contribution in [0.25, 0.3) is 10.9 Å². The van der Waals surface area contributed by atoms with Gasteiger partial charge in [0.05, 0.1) is 65.0 Å². The summed E-state index contributed by atoms with van der Waals surface area (Å²) in [5.41, 5.74) is 0.495. The number of halogens is 2. The Labute approximate surface area is 276 Å². The second-order valence-electron chi connectivity index (χ2n) is 10.0. The first-order valence-electron chi connectivity index (χ1n) is 14.1. The average Bonchev–Trinajstić information content (AvgIpc) is 3.32. The van der Waals surface area contributed by atoms with Gasteiger partial charge in [0, 0.05) is 27.7 Å². The van der Waals surface area contributed by atoms with Crippen molar-refractivity contribution in [3.63, 3.8) is 0 Å². The molecule has 250 valence electrons. The molecule has 1 aliphatic rings. The first-order chi connectivity index (χ1) is 21.3. The minimum Gasteiger partial charge on any atom is -0.489 e. The standard InChI is InChI=1S/C29H37Br2NO13/c1-15-26(42-18(4)36)28(43-19(5)37)23(14-41-17(3)35)45-29(15)44-22-13-32(16(2)34)21-12-20(30)27(25(31)24(21)22)40-11-10-39-9-8-38-7-6-33/h12-13,15,23,26,28-29,33H,6-11,14H2,1-5H3/t15-,23-,26-,28-,29-/m1/s1. The minimum atomic E-state index is -1.10. The number of fused-ring (bicyclic) bond motifs is 1. The van der Waals surface area contributed by atoms with Crippen LogP contribution in [0.5, 0.6) is 11.5 Å². The highest BCUT2D eigenvalue weighted by atomic mass is 79.9. The molecule has 16 heteroatoms. The molecule has 2 aromatic rings. The predicted molar refractivity (Wildman–Crippen MR) is 164 cm³/mol. The van der Waals surface area contributed by atoms with Gasteiger partial charge in [-0.05, 0) is 37.9 Å². The van der Waals surface area contributed by atoms with Gasteiger partial charge in [-0.3, -0.25) is 23.7 Å². The van der Waals surface area contributed by atoms with Crippen LogP contribution in [0.1, 0.15) is 39.4 Å². The molecule has 1 aromatic carbocycles. The number of benzene rings is 1. The van der Waals surface area contributed by atoms with E-state index in [1.54, 1.807) is 13.0 Å². The lowest BCUT2D eigenvalue weighted by Crippen LogP contribution is -2.59. The predicted octanol–water partition coefficient (Wildman–Crippen LogP) is 3.40. The van der Waals surface area contributed by atoms with Crippen LogP contribution in [-0.2, 0) is 42.8 Å². The monoisotopic (exact) mass is 765 g/mol. The first-order valence-corrected chi connectivity index (χ1v) is 15.7. The number of nitrogens with zero attached hydrogens (tertiary/aromatic N) is 1. The van der Waals surface area contributed by atoms with Crippen LogP contribution in [0.4, 0.5) is 0 Å². The van der Waals surface area contributed by atoms with E-state index in [9.17, 15) is 19.2 Å². The van der Waals surface area contributed by atoms with Gasteiger partial charge in [0.15, 0.2) is 6.10 Å². The molecule has 0 radical (unpaired) electrons. The molecule has 45 heavy (non-hydrogen) atoms. The maximum absolute atomic E-state index is 12.6. The van der Waals surface area contributed by atoms with Crippen molar-refractivity contribution >= 4 is 66.6 Å². The number of aromatic nitrogens is 1. The zero-order valence-corrected chi connectivity index (χ0v) is 28.7. The Bertz CT molecular complexity index is 1360. The number of carbonyl (C=O) groups is 4. The Morgan fingerprint density at radius 1 is 0.911 bits per heavy atom. The number of ether oxygens (including phenoxy) is 8.